The van der Waals surface area contributed by atoms with E-state index in [1.807, 2.05) is 12.1 Å². The van der Waals surface area contributed by atoms with Gasteiger partial charge in [0.2, 0.25) is 6.79 Å². The van der Waals surface area contributed by atoms with Gasteiger partial charge in [-0.2, -0.15) is 0 Å². The molecule has 0 atom stereocenters. The van der Waals surface area contributed by atoms with Crippen LogP contribution in [0.4, 0.5) is 8.78 Å². The molecule has 2 aromatic carbocycles. The fourth-order valence-electron chi connectivity index (χ4n) is 3.59. The largest absolute Gasteiger partial charge is 0.454 e. The van der Waals surface area contributed by atoms with Gasteiger partial charge in [-0.1, -0.05) is 12.1 Å². The monoisotopic (exact) mass is 380 g/mol. The van der Waals surface area contributed by atoms with Gasteiger partial charge in [0.25, 0.3) is 5.91 Å². The number of halogens is 2. The lowest BCUT2D eigenvalue weighted by atomic mass is 9.96. The van der Waals surface area contributed by atoms with E-state index < -0.39 is 11.6 Å². The number of hydrogen-bond donors (Lipinski definition) is 1. The summed E-state index contributed by atoms with van der Waals surface area (Å²) in [5.74, 6) is -0.333. The Hall–Kier alpha value is -3.48. The summed E-state index contributed by atoms with van der Waals surface area (Å²) in [6.45, 7) is 0.398. The first-order valence-electron chi connectivity index (χ1n) is 8.74. The number of carbonyl (C=O) groups is 1. The molecule has 5 nitrogen and oxygen atoms in total. The number of carbonyl (C=O) groups excluding carboxylic acids is 1. The van der Waals surface area contributed by atoms with Crippen LogP contribution in [0.25, 0.3) is 11.3 Å². The first-order valence-corrected chi connectivity index (χ1v) is 8.74. The van der Waals surface area contributed by atoms with E-state index in [2.05, 4.69) is 10.3 Å². The molecule has 1 aromatic heterocycles. The molecule has 0 aliphatic carbocycles. The van der Waals surface area contributed by atoms with Crippen molar-refractivity contribution in [3.05, 3.63) is 76.5 Å². The van der Waals surface area contributed by atoms with Crippen LogP contribution in [0.3, 0.4) is 0 Å². The fourth-order valence-corrected chi connectivity index (χ4v) is 3.59. The van der Waals surface area contributed by atoms with Gasteiger partial charge in [0, 0.05) is 0 Å². The van der Waals surface area contributed by atoms with Gasteiger partial charge in [0.15, 0.2) is 11.5 Å². The van der Waals surface area contributed by atoms with Gasteiger partial charge in [0.05, 0.1) is 29.1 Å². The lowest BCUT2D eigenvalue weighted by molar-refractivity contribution is 0.0965. The minimum absolute atomic E-state index is 0.168. The second kappa shape index (κ2) is 6.30. The number of ether oxygens (including phenoxy) is 2. The molecule has 28 heavy (non-hydrogen) atoms. The standard InChI is InChI=1S/C21H14F2N2O3/c22-13-2-1-3-14(23)20(13)15-8-12(19-16(25-15)9-24-21(19)26)6-11-4-5-17-18(7-11)28-10-27-17/h1-5,7-8H,6,9-10H2,(H,24,26). The van der Waals surface area contributed by atoms with Crippen molar-refractivity contribution >= 4 is 5.91 Å². The van der Waals surface area contributed by atoms with Crippen LogP contribution >= 0.6 is 0 Å². The van der Waals surface area contributed by atoms with Gasteiger partial charge >= 0.3 is 0 Å². The molecule has 0 unspecified atom stereocenters. The third-order valence-corrected chi connectivity index (χ3v) is 4.87. The van der Waals surface area contributed by atoms with Crippen molar-refractivity contribution in [2.24, 2.45) is 0 Å². The van der Waals surface area contributed by atoms with Crippen LogP contribution in [0.1, 0.15) is 27.2 Å². The van der Waals surface area contributed by atoms with Crippen LogP contribution in [-0.4, -0.2) is 17.7 Å². The zero-order valence-electron chi connectivity index (χ0n) is 14.6. The van der Waals surface area contributed by atoms with Crippen molar-refractivity contribution in [2.45, 2.75) is 13.0 Å². The molecule has 5 rings (SSSR count). The molecule has 0 fully saturated rings. The van der Waals surface area contributed by atoms with E-state index in [0.717, 1.165) is 5.56 Å². The highest BCUT2D eigenvalue weighted by Gasteiger charge is 2.27. The highest BCUT2D eigenvalue weighted by molar-refractivity contribution is 5.99. The van der Waals surface area contributed by atoms with Crippen molar-refractivity contribution in [3.63, 3.8) is 0 Å². The summed E-state index contributed by atoms with van der Waals surface area (Å²) in [4.78, 5) is 16.6. The van der Waals surface area contributed by atoms with Crippen LogP contribution in [0.5, 0.6) is 11.5 Å². The number of aromatic nitrogens is 1. The number of nitrogens with zero attached hydrogens (tertiary/aromatic N) is 1. The number of hydrogen-bond acceptors (Lipinski definition) is 4. The van der Waals surface area contributed by atoms with Crippen LogP contribution in [0.15, 0.2) is 42.5 Å². The minimum atomic E-state index is -0.696. The van der Waals surface area contributed by atoms with Gasteiger partial charge in [-0.05, 0) is 47.9 Å². The molecular weight excluding hydrogens is 366 g/mol. The zero-order chi connectivity index (χ0) is 19.3. The van der Waals surface area contributed by atoms with Crippen molar-refractivity contribution < 1.29 is 23.0 Å². The van der Waals surface area contributed by atoms with E-state index in [0.29, 0.717) is 34.7 Å². The molecule has 7 heteroatoms. The highest BCUT2D eigenvalue weighted by Crippen LogP contribution is 2.35. The van der Waals surface area contributed by atoms with Crippen LogP contribution in [0.2, 0.25) is 0 Å². The van der Waals surface area contributed by atoms with Crippen molar-refractivity contribution in [1.29, 1.82) is 0 Å². The summed E-state index contributed by atoms with van der Waals surface area (Å²) >= 11 is 0. The van der Waals surface area contributed by atoms with Gasteiger partial charge in [-0.25, -0.2) is 13.8 Å². The Morgan fingerprint density at radius 3 is 2.61 bits per heavy atom. The van der Waals surface area contributed by atoms with Crippen LogP contribution in [0, 0.1) is 11.6 Å². The quantitative estimate of drug-likeness (QED) is 0.755. The maximum Gasteiger partial charge on any atom is 0.253 e. The Morgan fingerprint density at radius 2 is 1.79 bits per heavy atom. The predicted octanol–water partition coefficient (Wildman–Crippen LogP) is 3.59. The molecule has 0 spiro atoms. The number of benzene rings is 2. The lowest BCUT2D eigenvalue weighted by Gasteiger charge is -2.11. The first-order chi connectivity index (χ1) is 13.6. The molecule has 0 bridgehead atoms. The minimum Gasteiger partial charge on any atom is -0.454 e. The third kappa shape index (κ3) is 2.67. The number of fused-ring (bicyclic) bond motifs is 2. The fraction of sp³-hybridized carbons (Fsp3) is 0.143. The molecule has 0 saturated heterocycles. The molecule has 1 N–H and O–H groups in total. The van der Waals surface area contributed by atoms with Crippen molar-refractivity contribution in [3.8, 4) is 22.8 Å². The Balaban J connectivity index is 1.63. The zero-order valence-corrected chi connectivity index (χ0v) is 14.6. The molecule has 3 aromatic rings. The van der Waals surface area contributed by atoms with Crippen LogP contribution < -0.4 is 14.8 Å². The molecule has 1 amide bonds. The Bertz CT molecular complexity index is 1110. The van der Waals surface area contributed by atoms with Crippen molar-refractivity contribution in [2.75, 3.05) is 6.79 Å². The maximum absolute atomic E-state index is 14.3. The summed E-state index contributed by atoms with van der Waals surface area (Å²) in [5.41, 5.74) is 2.45. The van der Waals surface area contributed by atoms with E-state index in [1.54, 1.807) is 12.1 Å². The van der Waals surface area contributed by atoms with Crippen molar-refractivity contribution in [1.82, 2.24) is 10.3 Å². The lowest BCUT2D eigenvalue weighted by Crippen LogP contribution is -2.14. The number of nitrogens with one attached hydrogen (secondary N) is 1. The second-order valence-corrected chi connectivity index (χ2v) is 6.63. The topological polar surface area (TPSA) is 60.5 Å². The average molecular weight is 380 g/mol. The van der Waals surface area contributed by atoms with Gasteiger partial charge < -0.3 is 14.8 Å². The summed E-state index contributed by atoms with van der Waals surface area (Å²) in [6.07, 6.45) is 0.387. The second-order valence-electron chi connectivity index (χ2n) is 6.63. The Labute approximate surface area is 158 Å². The number of rotatable bonds is 3. The molecule has 0 saturated carbocycles. The molecule has 3 heterocycles. The van der Waals surface area contributed by atoms with E-state index >= 15 is 0 Å². The molecule has 2 aliphatic heterocycles. The summed E-state index contributed by atoms with van der Waals surface area (Å²) in [6, 6.07) is 10.8. The van der Waals surface area contributed by atoms with Gasteiger partial charge in [0.1, 0.15) is 11.6 Å². The van der Waals surface area contributed by atoms with Crippen LogP contribution in [-0.2, 0) is 13.0 Å². The van der Waals surface area contributed by atoms with Gasteiger partial charge in [-0.3, -0.25) is 4.79 Å². The summed E-state index contributed by atoms with van der Waals surface area (Å²) < 4.78 is 39.3. The predicted molar refractivity (Wildman–Crippen MR) is 96.1 cm³/mol. The Morgan fingerprint density at radius 1 is 1.00 bits per heavy atom. The van der Waals surface area contributed by atoms with E-state index in [-0.39, 0.29) is 30.5 Å². The van der Waals surface area contributed by atoms with Gasteiger partial charge in [-0.15, -0.1) is 0 Å². The normalized spacial score (nSPS) is 14.1. The Kier molecular flexibility index (Phi) is 3.75. The number of pyridine rings is 1. The van der Waals surface area contributed by atoms with E-state index in [4.69, 9.17) is 9.47 Å². The molecule has 0 radical (unpaired) electrons. The third-order valence-electron chi connectivity index (χ3n) is 4.87. The average Bonchev–Trinajstić information content (AvgIpc) is 3.28. The highest BCUT2D eigenvalue weighted by atomic mass is 19.1. The SMILES string of the molecule is O=C1NCc2nc(-c3c(F)cccc3F)cc(Cc3ccc4c(c3)OCO4)c21. The maximum atomic E-state index is 14.3. The first kappa shape index (κ1) is 16.7. The molecule has 2 aliphatic rings. The van der Waals surface area contributed by atoms with E-state index in [1.165, 1.54) is 18.2 Å². The molecule has 140 valence electrons. The summed E-state index contributed by atoms with van der Waals surface area (Å²) in [7, 11) is 0. The molecular formula is C21H14F2N2O3. The number of amides is 1. The summed E-state index contributed by atoms with van der Waals surface area (Å²) in [5, 5.41) is 2.73. The smallest absolute Gasteiger partial charge is 0.253 e. The van der Waals surface area contributed by atoms with E-state index in [9.17, 15) is 13.6 Å².